The highest BCUT2D eigenvalue weighted by Crippen LogP contribution is 2.22. The molecule has 96 valence electrons. The molecule has 0 saturated carbocycles. The van der Waals surface area contributed by atoms with Gasteiger partial charge in [-0.15, -0.1) is 0 Å². The Morgan fingerprint density at radius 2 is 2.18 bits per heavy atom. The molecular weight excluding hydrogens is 302 g/mol. The Morgan fingerprint density at radius 3 is 2.88 bits per heavy atom. The van der Waals surface area contributed by atoms with Crippen LogP contribution in [0.1, 0.15) is 25.3 Å². The van der Waals surface area contributed by atoms with Gasteiger partial charge in [-0.3, -0.25) is 0 Å². The van der Waals surface area contributed by atoms with E-state index in [4.69, 9.17) is 16.3 Å². The van der Waals surface area contributed by atoms with Gasteiger partial charge >= 0.3 is 0 Å². The molecule has 1 N–H and O–H groups in total. The van der Waals surface area contributed by atoms with Crippen LogP contribution in [0, 0.1) is 0 Å². The summed E-state index contributed by atoms with van der Waals surface area (Å²) >= 11 is 9.39. The van der Waals surface area contributed by atoms with E-state index in [-0.39, 0.29) is 0 Å². The highest BCUT2D eigenvalue weighted by atomic mass is 79.9. The van der Waals surface area contributed by atoms with E-state index in [1.807, 2.05) is 12.1 Å². The number of unbranched alkanes of at least 4 members (excludes halogenated alkanes) is 1. The maximum atomic E-state index is 6.01. The molecule has 0 aliphatic heterocycles. The summed E-state index contributed by atoms with van der Waals surface area (Å²) in [7, 11) is 0. The van der Waals surface area contributed by atoms with Crippen molar-refractivity contribution >= 4 is 27.5 Å². The fourth-order valence-corrected chi connectivity index (χ4v) is 1.82. The minimum absolute atomic E-state index is 0.753. The van der Waals surface area contributed by atoms with E-state index >= 15 is 0 Å². The average molecular weight is 321 g/mol. The summed E-state index contributed by atoms with van der Waals surface area (Å²) in [5.41, 5.74) is 1.19. The molecule has 0 radical (unpaired) electrons. The smallest absolute Gasteiger partial charge is 0.0591 e. The van der Waals surface area contributed by atoms with Gasteiger partial charge in [-0.2, -0.15) is 0 Å². The molecule has 0 unspecified atom stereocenters. The van der Waals surface area contributed by atoms with Crippen LogP contribution in [-0.2, 0) is 11.3 Å². The summed E-state index contributed by atoms with van der Waals surface area (Å²) in [5.74, 6) is 0. The number of halogens is 2. The van der Waals surface area contributed by atoms with Crippen LogP contribution in [0.5, 0.6) is 0 Å². The molecule has 1 aromatic carbocycles. The van der Waals surface area contributed by atoms with Gasteiger partial charge in [0, 0.05) is 24.2 Å². The lowest BCUT2D eigenvalue weighted by Crippen LogP contribution is -2.19. The third kappa shape index (κ3) is 6.41. The standard InChI is InChI=1S/C13H19BrClNO/c1-2-3-7-17-8-6-16-10-11-4-5-12(14)13(15)9-11/h4-5,9,16H,2-3,6-8,10H2,1H3. The molecule has 1 aromatic rings. The topological polar surface area (TPSA) is 21.3 Å². The summed E-state index contributed by atoms with van der Waals surface area (Å²) in [6.07, 6.45) is 2.33. The molecule has 0 atom stereocenters. The molecule has 4 heteroatoms. The first kappa shape index (κ1) is 15.0. The van der Waals surface area contributed by atoms with Gasteiger partial charge in [-0.1, -0.05) is 31.0 Å². The van der Waals surface area contributed by atoms with Crippen molar-refractivity contribution < 1.29 is 4.74 Å². The normalized spacial score (nSPS) is 10.8. The van der Waals surface area contributed by atoms with Gasteiger partial charge in [-0.05, 0) is 40.0 Å². The summed E-state index contributed by atoms with van der Waals surface area (Å²) in [6, 6.07) is 5.99. The average Bonchev–Trinajstić information content (AvgIpc) is 2.32. The maximum absolute atomic E-state index is 6.01. The van der Waals surface area contributed by atoms with Crippen LogP contribution in [0.4, 0.5) is 0 Å². The zero-order valence-corrected chi connectivity index (χ0v) is 12.5. The van der Waals surface area contributed by atoms with E-state index in [0.29, 0.717) is 0 Å². The molecule has 0 aliphatic carbocycles. The first-order chi connectivity index (χ1) is 8.24. The SMILES string of the molecule is CCCCOCCNCc1ccc(Br)c(Cl)c1. The molecule has 0 spiro atoms. The van der Waals surface area contributed by atoms with Crippen molar-refractivity contribution in [2.75, 3.05) is 19.8 Å². The Morgan fingerprint density at radius 1 is 1.35 bits per heavy atom. The Labute approximate surface area is 117 Å². The molecule has 0 amide bonds. The predicted octanol–water partition coefficient (Wildman–Crippen LogP) is 4.01. The van der Waals surface area contributed by atoms with Gasteiger partial charge in [0.05, 0.1) is 11.6 Å². The fraction of sp³-hybridized carbons (Fsp3) is 0.538. The number of benzene rings is 1. The summed E-state index contributed by atoms with van der Waals surface area (Å²) in [6.45, 7) is 5.49. The Hall–Kier alpha value is -0.0900. The molecule has 17 heavy (non-hydrogen) atoms. The van der Waals surface area contributed by atoms with Gasteiger partial charge in [0.2, 0.25) is 0 Å². The number of hydrogen-bond donors (Lipinski definition) is 1. The van der Waals surface area contributed by atoms with Crippen LogP contribution < -0.4 is 5.32 Å². The van der Waals surface area contributed by atoms with Crippen LogP contribution in [0.25, 0.3) is 0 Å². The zero-order valence-electron chi connectivity index (χ0n) is 10.1. The van der Waals surface area contributed by atoms with E-state index in [1.165, 1.54) is 12.0 Å². The lowest BCUT2D eigenvalue weighted by Gasteiger charge is -2.06. The van der Waals surface area contributed by atoms with Crippen LogP contribution in [0.2, 0.25) is 5.02 Å². The molecule has 2 nitrogen and oxygen atoms in total. The minimum Gasteiger partial charge on any atom is -0.380 e. The van der Waals surface area contributed by atoms with E-state index in [9.17, 15) is 0 Å². The lowest BCUT2D eigenvalue weighted by molar-refractivity contribution is 0.133. The van der Waals surface area contributed by atoms with Crippen molar-refractivity contribution in [3.05, 3.63) is 33.3 Å². The molecular formula is C13H19BrClNO. The zero-order chi connectivity index (χ0) is 12.5. The predicted molar refractivity (Wildman–Crippen MR) is 76.6 cm³/mol. The summed E-state index contributed by atoms with van der Waals surface area (Å²) in [4.78, 5) is 0. The van der Waals surface area contributed by atoms with E-state index in [0.717, 1.165) is 42.2 Å². The molecule has 0 bridgehead atoms. The maximum Gasteiger partial charge on any atom is 0.0591 e. The quantitative estimate of drug-likeness (QED) is 0.731. The molecule has 0 heterocycles. The highest BCUT2D eigenvalue weighted by molar-refractivity contribution is 9.10. The van der Waals surface area contributed by atoms with Crippen LogP contribution in [0.15, 0.2) is 22.7 Å². The first-order valence-electron chi connectivity index (χ1n) is 5.96. The second-order valence-electron chi connectivity index (χ2n) is 3.89. The molecule has 0 saturated heterocycles. The monoisotopic (exact) mass is 319 g/mol. The summed E-state index contributed by atoms with van der Waals surface area (Å²) in [5, 5.41) is 4.08. The number of nitrogens with one attached hydrogen (secondary N) is 1. The van der Waals surface area contributed by atoms with Crippen LogP contribution >= 0.6 is 27.5 Å². The van der Waals surface area contributed by atoms with E-state index < -0.39 is 0 Å². The van der Waals surface area contributed by atoms with Crippen molar-refractivity contribution in [3.8, 4) is 0 Å². The fourth-order valence-electron chi connectivity index (χ4n) is 1.38. The Balaban J connectivity index is 2.11. The molecule has 0 fully saturated rings. The third-order valence-corrected chi connectivity index (χ3v) is 3.61. The van der Waals surface area contributed by atoms with Crippen molar-refractivity contribution in [1.82, 2.24) is 5.32 Å². The highest BCUT2D eigenvalue weighted by Gasteiger charge is 1.98. The number of ether oxygens (including phenoxy) is 1. The van der Waals surface area contributed by atoms with Crippen LogP contribution in [0.3, 0.4) is 0 Å². The minimum atomic E-state index is 0.753. The van der Waals surface area contributed by atoms with Crippen LogP contribution in [-0.4, -0.2) is 19.8 Å². The Bertz CT molecular complexity index is 333. The van der Waals surface area contributed by atoms with E-state index in [2.05, 4.69) is 34.2 Å². The van der Waals surface area contributed by atoms with Gasteiger partial charge in [0.15, 0.2) is 0 Å². The van der Waals surface area contributed by atoms with Gasteiger partial charge in [0.25, 0.3) is 0 Å². The molecule has 0 aliphatic rings. The van der Waals surface area contributed by atoms with Crippen molar-refractivity contribution in [3.63, 3.8) is 0 Å². The second-order valence-corrected chi connectivity index (χ2v) is 5.15. The number of rotatable bonds is 8. The summed E-state index contributed by atoms with van der Waals surface area (Å²) < 4.78 is 6.39. The van der Waals surface area contributed by atoms with Crippen molar-refractivity contribution in [2.45, 2.75) is 26.3 Å². The Kier molecular flexibility index (Phi) is 7.86. The largest absolute Gasteiger partial charge is 0.380 e. The van der Waals surface area contributed by atoms with Crippen molar-refractivity contribution in [2.24, 2.45) is 0 Å². The van der Waals surface area contributed by atoms with Gasteiger partial charge < -0.3 is 10.1 Å². The first-order valence-corrected chi connectivity index (χ1v) is 7.13. The third-order valence-electron chi connectivity index (χ3n) is 2.38. The number of hydrogen-bond acceptors (Lipinski definition) is 2. The molecule has 1 rings (SSSR count). The van der Waals surface area contributed by atoms with E-state index in [1.54, 1.807) is 0 Å². The lowest BCUT2D eigenvalue weighted by atomic mass is 10.2. The van der Waals surface area contributed by atoms with Gasteiger partial charge in [0.1, 0.15) is 0 Å². The van der Waals surface area contributed by atoms with Crippen molar-refractivity contribution in [1.29, 1.82) is 0 Å². The molecule has 0 aromatic heterocycles. The second kappa shape index (κ2) is 8.92. The van der Waals surface area contributed by atoms with Gasteiger partial charge in [-0.25, -0.2) is 0 Å².